The molecule has 1 amide bonds. The summed E-state index contributed by atoms with van der Waals surface area (Å²) in [5, 5.41) is 10.9. The van der Waals surface area contributed by atoms with Crippen LogP contribution in [0.3, 0.4) is 0 Å². The number of carbonyl (C=O) groups is 2. The highest BCUT2D eigenvalue weighted by atomic mass is 32.2. The molecular weight excluding hydrogens is 292 g/mol. The number of fused-ring (bicyclic) bond motifs is 1. The van der Waals surface area contributed by atoms with Crippen LogP contribution in [0.25, 0.3) is 0 Å². The van der Waals surface area contributed by atoms with E-state index >= 15 is 0 Å². The first-order valence-corrected chi connectivity index (χ1v) is 7.68. The molecular formula is C14H14N2O4S. The Labute approximate surface area is 125 Å². The summed E-state index contributed by atoms with van der Waals surface area (Å²) in [6.07, 6.45) is 3.90. The lowest BCUT2D eigenvalue weighted by atomic mass is 10.1. The summed E-state index contributed by atoms with van der Waals surface area (Å²) in [5.74, 6) is -0.265. The summed E-state index contributed by atoms with van der Waals surface area (Å²) in [4.78, 5) is 37.1. The third-order valence-electron chi connectivity index (χ3n) is 3.96. The van der Waals surface area contributed by atoms with Gasteiger partial charge in [-0.1, -0.05) is 18.9 Å². The average Bonchev–Trinajstić information content (AvgIpc) is 2.94. The molecule has 0 saturated heterocycles. The van der Waals surface area contributed by atoms with E-state index in [2.05, 4.69) is 0 Å². The standard InChI is InChI=1S/C14H14N2O4S/c17-12-8-15(9-4-1-2-5-9)14(18)10-6-3-7-11(16(19)20)13(10)21-12/h3,6-7,9H,1-2,4-5,8H2. The smallest absolute Gasteiger partial charge is 0.284 e. The molecule has 0 aromatic heterocycles. The van der Waals surface area contributed by atoms with Gasteiger partial charge in [0.2, 0.25) is 5.12 Å². The van der Waals surface area contributed by atoms with Crippen LogP contribution in [0.4, 0.5) is 5.69 Å². The van der Waals surface area contributed by atoms with E-state index in [1.54, 1.807) is 11.0 Å². The third-order valence-corrected chi connectivity index (χ3v) is 4.95. The normalized spacial score (nSPS) is 19.5. The fourth-order valence-corrected chi connectivity index (χ4v) is 3.91. The van der Waals surface area contributed by atoms with Crippen molar-refractivity contribution in [3.05, 3.63) is 33.9 Å². The molecule has 1 aliphatic heterocycles. The van der Waals surface area contributed by atoms with Gasteiger partial charge in [0.25, 0.3) is 11.6 Å². The molecule has 1 heterocycles. The Morgan fingerprint density at radius 1 is 1.24 bits per heavy atom. The highest BCUT2D eigenvalue weighted by Crippen LogP contribution is 2.37. The Bertz CT molecular complexity index is 625. The highest BCUT2D eigenvalue weighted by Gasteiger charge is 2.36. The van der Waals surface area contributed by atoms with E-state index in [1.807, 2.05) is 0 Å². The van der Waals surface area contributed by atoms with Crippen LogP contribution in [-0.2, 0) is 4.79 Å². The zero-order valence-corrected chi connectivity index (χ0v) is 12.1. The Balaban J connectivity index is 2.06. The fourth-order valence-electron chi connectivity index (χ4n) is 2.97. The van der Waals surface area contributed by atoms with Crippen molar-refractivity contribution in [3.63, 3.8) is 0 Å². The van der Waals surface area contributed by atoms with Crippen molar-refractivity contribution >= 4 is 28.5 Å². The van der Waals surface area contributed by atoms with Crippen LogP contribution in [0.2, 0.25) is 0 Å². The van der Waals surface area contributed by atoms with E-state index in [0.29, 0.717) is 0 Å². The van der Waals surface area contributed by atoms with Crippen LogP contribution in [-0.4, -0.2) is 33.4 Å². The minimum Gasteiger partial charge on any atom is -0.327 e. The number of benzene rings is 1. The zero-order chi connectivity index (χ0) is 15.0. The minimum absolute atomic E-state index is 0.0278. The number of hydrogen-bond acceptors (Lipinski definition) is 5. The third kappa shape index (κ3) is 2.53. The van der Waals surface area contributed by atoms with Crippen LogP contribution >= 0.6 is 11.8 Å². The maximum absolute atomic E-state index is 12.7. The van der Waals surface area contributed by atoms with Crippen molar-refractivity contribution < 1.29 is 14.5 Å². The number of carbonyl (C=O) groups excluding carboxylic acids is 2. The summed E-state index contributed by atoms with van der Waals surface area (Å²) >= 11 is 0.811. The van der Waals surface area contributed by atoms with E-state index in [9.17, 15) is 19.7 Å². The van der Waals surface area contributed by atoms with Crippen LogP contribution in [0.15, 0.2) is 23.1 Å². The molecule has 1 aromatic carbocycles. The summed E-state index contributed by atoms with van der Waals surface area (Å²) in [6.45, 7) is 0.0278. The average molecular weight is 306 g/mol. The number of nitrogens with zero attached hydrogens (tertiary/aromatic N) is 2. The summed E-state index contributed by atoms with van der Waals surface area (Å²) < 4.78 is 0. The molecule has 3 rings (SSSR count). The first kappa shape index (κ1) is 14.1. The lowest BCUT2D eigenvalue weighted by Crippen LogP contribution is -2.40. The summed E-state index contributed by atoms with van der Waals surface area (Å²) in [5.41, 5.74) is 0.0967. The van der Waals surface area contributed by atoms with Gasteiger partial charge in [-0.05, 0) is 30.7 Å². The molecule has 1 aromatic rings. The van der Waals surface area contributed by atoms with E-state index in [-0.39, 0.29) is 39.8 Å². The molecule has 0 unspecified atom stereocenters. The van der Waals surface area contributed by atoms with Crippen molar-refractivity contribution in [1.82, 2.24) is 4.90 Å². The molecule has 2 aliphatic rings. The van der Waals surface area contributed by atoms with Crippen molar-refractivity contribution in [3.8, 4) is 0 Å². The van der Waals surface area contributed by atoms with Crippen LogP contribution in [0, 0.1) is 10.1 Å². The predicted octanol–water partition coefficient (Wildman–Crippen LogP) is 2.61. The van der Waals surface area contributed by atoms with Crippen molar-refractivity contribution in [2.75, 3.05) is 6.54 Å². The van der Waals surface area contributed by atoms with Crippen molar-refractivity contribution in [2.24, 2.45) is 0 Å². The van der Waals surface area contributed by atoms with Gasteiger partial charge in [-0.15, -0.1) is 0 Å². The molecule has 0 spiro atoms. The second-order valence-corrected chi connectivity index (χ2v) is 6.32. The molecule has 1 saturated carbocycles. The van der Waals surface area contributed by atoms with E-state index in [0.717, 1.165) is 37.4 Å². The second kappa shape index (κ2) is 5.48. The maximum atomic E-state index is 12.7. The van der Waals surface area contributed by atoms with Crippen molar-refractivity contribution in [1.29, 1.82) is 0 Å². The molecule has 0 atom stereocenters. The van der Waals surface area contributed by atoms with Gasteiger partial charge < -0.3 is 4.90 Å². The Morgan fingerprint density at radius 2 is 1.95 bits per heavy atom. The largest absolute Gasteiger partial charge is 0.327 e. The van der Waals surface area contributed by atoms with Gasteiger partial charge in [-0.25, -0.2) is 0 Å². The van der Waals surface area contributed by atoms with Crippen LogP contribution in [0.5, 0.6) is 0 Å². The van der Waals surface area contributed by atoms with E-state index in [1.165, 1.54) is 12.1 Å². The van der Waals surface area contributed by atoms with Crippen molar-refractivity contribution in [2.45, 2.75) is 36.6 Å². The van der Waals surface area contributed by atoms with Gasteiger partial charge in [0.1, 0.15) is 4.90 Å². The van der Waals surface area contributed by atoms with Gasteiger partial charge >= 0.3 is 0 Å². The topological polar surface area (TPSA) is 80.5 Å². The molecule has 1 aliphatic carbocycles. The SMILES string of the molecule is O=C1CN(C2CCCC2)C(=O)c2cccc([N+](=O)[O-])c2S1. The minimum atomic E-state index is -0.544. The second-order valence-electron chi connectivity index (χ2n) is 5.26. The lowest BCUT2D eigenvalue weighted by molar-refractivity contribution is -0.387. The van der Waals surface area contributed by atoms with Gasteiger partial charge in [-0.3, -0.25) is 19.7 Å². The van der Waals surface area contributed by atoms with Crippen LogP contribution < -0.4 is 0 Å². The van der Waals surface area contributed by atoms with Gasteiger partial charge in [-0.2, -0.15) is 0 Å². The van der Waals surface area contributed by atoms with Gasteiger partial charge in [0.15, 0.2) is 0 Å². The first-order chi connectivity index (χ1) is 10.1. The number of thioether (sulfide) groups is 1. The predicted molar refractivity (Wildman–Crippen MR) is 77.3 cm³/mol. The molecule has 0 radical (unpaired) electrons. The van der Waals surface area contributed by atoms with E-state index in [4.69, 9.17) is 0 Å². The summed E-state index contributed by atoms with van der Waals surface area (Å²) in [7, 11) is 0. The first-order valence-electron chi connectivity index (χ1n) is 6.87. The monoisotopic (exact) mass is 306 g/mol. The molecule has 0 N–H and O–H groups in total. The molecule has 1 fully saturated rings. The zero-order valence-electron chi connectivity index (χ0n) is 11.3. The Hall–Kier alpha value is -1.89. The number of rotatable bonds is 2. The molecule has 7 heteroatoms. The Morgan fingerprint density at radius 3 is 2.62 bits per heavy atom. The maximum Gasteiger partial charge on any atom is 0.284 e. The molecule has 0 bridgehead atoms. The lowest BCUT2D eigenvalue weighted by Gasteiger charge is -2.26. The fraction of sp³-hybridized carbons (Fsp3) is 0.429. The van der Waals surface area contributed by atoms with Gasteiger partial charge in [0.05, 0.1) is 17.0 Å². The number of amides is 1. The Kier molecular flexibility index (Phi) is 3.67. The quantitative estimate of drug-likeness (QED) is 0.619. The highest BCUT2D eigenvalue weighted by molar-refractivity contribution is 8.14. The van der Waals surface area contributed by atoms with Crippen LogP contribution in [0.1, 0.15) is 36.0 Å². The van der Waals surface area contributed by atoms with E-state index < -0.39 is 4.92 Å². The number of nitro benzene ring substituents is 1. The number of nitro groups is 1. The van der Waals surface area contributed by atoms with Gasteiger partial charge in [0, 0.05) is 12.1 Å². The number of hydrogen-bond donors (Lipinski definition) is 0. The molecule has 6 nitrogen and oxygen atoms in total. The molecule has 21 heavy (non-hydrogen) atoms. The molecule has 110 valence electrons. The summed E-state index contributed by atoms with van der Waals surface area (Å²) in [6, 6.07) is 4.47.